The maximum Gasteiger partial charge on any atom is 0.328 e. The molecule has 1 heterocycles. The van der Waals surface area contributed by atoms with Gasteiger partial charge in [0, 0.05) is 11.3 Å². The summed E-state index contributed by atoms with van der Waals surface area (Å²) < 4.78 is 0. The van der Waals surface area contributed by atoms with E-state index in [0.29, 0.717) is 11.3 Å². The van der Waals surface area contributed by atoms with Crippen LogP contribution >= 0.6 is 0 Å². The van der Waals surface area contributed by atoms with E-state index in [1.165, 1.54) is 4.90 Å². The van der Waals surface area contributed by atoms with E-state index >= 15 is 0 Å². The zero-order valence-corrected chi connectivity index (χ0v) is 19.9. The van der Waals surface area contributed by atoms with Gasteiger partial charge >= 0.3 is 6.03 Å². The van der Waals surface area contributed by atoms with Crippen molar-refractivity contribution in [1.82, 2.24) is 9.80 Å². The summed E-state index contributed by atoms with van der Waals surface area (Å²) in [7, 11) is 0. The summed E-state index contributed by atoms with van der Waals surface area (Å²) in [6, 6.07) is 27.7. The number of rotatable bonds is 6. The van der Waals surface area contributed by atoms with Crippen LogP contribution in [0.2, 0.25) is 0 Å². The van der Waals surface area contributed by atoms with Gasteiger partial charge in [-0.25, -0.2) is 4.79 Å². The third-order valence-electron chi connectivity index (χ3n) is 6.94. The quantitative estimate of drug-likeness (QED) is 0.163. The number of urea groups is 1. The first-order chi connectivity index (χ1) is 17.3. The number of nitrogens with two attached hydrogens (primary N) is 2. The highest BCUT2D eigenvalue weighted by Gasteiger charge is 2.55. The van der Waals surface area contributed by atoms with Gasteiger partial charge < -0.3 is 16.4 Å². The van der Waals surface area contributed by atoms with Crippen LogP contribution in [0, 0.1) is 5.41 Å². The molecule has 0 aliphatic carbocycles. The lowest BCUT2D eigenvalue weighted by Gasteiger charge is -2.32. The van der Waals surface area contributed by atoms with Crippen molar-refractivity contribution in [2.24, 2.45) is 5.73 Å². The number of nitrogen functional groups attached to an aromatic ring is 2. The van der Waals surface area contributed by atoms with E-state index in [0.717, 1.165) is 27.5 Å². The highest BCUT2D eigenvalue weighted by molar-refractivity contribution is 6.07. The highest BCUT2D eigenvalue weighted by Crippen LogP contribution is 2.39. The fraction of sp³-hybridized carbons (Fsp3) is 0.138. The molecule has 7 nitrogen and oxygen atoms in total. The van der Waals surface area contributed by atoms with Crippen molar-refractivity contribution >= 4 is 34.2 Å². The largest absolute Gasteiger partial charge is 0.398 e. The first-order valence-corrected chi connectivity index (χ1v) is 11.7. The molecule has 7 heteroatoms. The Hall–Kier alpha value is -4.65. The Balaban J connectivity index is 1.53. The summed E-state index contributed by atoms with van der Waals surface area (Å²) in [5.41, 5.74) is 14.2. The third kappa shape index (κ3) is 3.84. The van der Waals surface area contributed by atoms with Crippen LogP contribution < -0.4 is 11.5 Å². The van der Waals surface area contributed by atoms with Crippen molar-refractivity contribution in [3.63, 3.8) is 0 Å². The van der Waals surface area contributed by atoms with Gasteiger partial charge in [0.2, 0.25) is 0 Å². The first kappa shape index (κ1) is 23.1. The Bertz CT molecular complexity index is 1500. The van der Waals surface area contributed by atoms with Gasteiger partial charge in [-0.3, -0.25) is 15.1 Å². The highest BCUT2D eigenvalue weighted by atomic mass is 16.2. The maximum atomic E-state index is 13.9. The van der Waals surface area contributed by atoms with Crippen molar-refractivity contribution in [1.29, 1.82) is 5.41 Å². The maximum absolute atomic E-state index is 13.9. The molecule has 1 saturated heterocycles. The number of benzene rings is 4. The molecule has 1 fully saturated rings. The molecule has 5 rings (SSSR count). The summed E-state index contributed by atoms with van der Waals surface area (Å²) in [6.45, 7) is 2.13. The van der Waals surface area contributed by atoms with E-state index < -0.39 is 5.54 Å². The molecule has 5 N–H and O–H groups in total. The average Bonchev–Trinajstić information content (AvgIpc) is 3.06. The van der Waals surface area contributed by atoms with Crippen LogP contribution in [0.15, 0.2) is 91.0 Å². The van der Waals surface area contributed by atoms with Crippen LogP contribution in [0.1, 0.15) is 29.2 Å². The smallest absolute Gasteiger partial charge is 0.328 e. The molecule has 0 aromatic heterocycles. The predicted octanol–water partition coefficient (Wildman–Crippen LogP) is 4.59. The number of carbonyl (C=O) groups excluding carboxylic acids is 2. The molecule has 4 aromatic carbocycles. The SMILES string of the molecule is CC1(c2ccccc2)C(=O)N(Cc2ccc3ccc(C(=N)N)cc3c2)C(=O)N1Cc1ccccc1N. The number of nitrogens with zero attached hydrogens (tertiary/aromatic N) is 2. The summed E-state index contributed by atoms with van der Waals surface area (Å²) >= 11 is 0. The summed E-state index contributed by atoms with van der Waals surface area (Å²) in [4.78, 5) is 30.6. The summed E-state index contributed by atoms with van der Waals surface area (Å²) in [5.74, 6) is -0.299. The van der Waals surface area contributed by atoms with Crippen LogP contribution in [0.3, 0.4) is 0 Å². The van der Waals surface area contributed by atoms with Crippen LogP contribution in [-0.2, 0) is 23.4 Å². The molecule has 0 radical (unpaired) electrons. The predicted molar refractivity (Wildman–Crippen MR) is 141 cm³/mol. The molecule has 0 saturated carbocycles. The molecule has 1 atom stereocenters. The van der Waals surface area contributed by atoms with Gasteiger partial charge in [0.1, 0.15) is 11.4 Å². The minimum atomic E-state index is -1.18. The van der Waals surface area contributed by atoms with Crippen LogP contribution in [-0.4, -0.2) is 27.6 Å². The molecule has 4 aromatic rings. The van der Waals surface area contributed by atoms with E-state index in [1.54, 1.807) is 24.0 Å². The first-order valence-electron chi connectivity index (χ1n) is 11.7. The minimum absolute atomic E-state index is 0.0124. The molecule has 1 unspecified atom stereocenters. The summed E-state index contributed by atoms with van der Waals surface area (Å²) in [5, 5.41) is 9.59. The van der Waals surface area contributed by atoms with Gasteiger partial charge in [0.05, 0.1) is 13.1 Å². The Morgan fingerprint density at radius 3 is 2.28 bits per heavy atom. The average molecular weight is 478 g/mol. The van der Waals surface area contributed by atoms with E-state index in [4.69, 9.17) is 16.9 Å². The third-order valence-corrected chi connectivity index (χ3v) is 6.94. The summed E-state index contributed by atoms with van der Waals surface area (Å²) in [6.07, 6.45) is 0. The molecular weight excluding hydrogens is 450 g/mol. The van der Waals surface area contributed by atoms with Gasteiger partial charge in [0.15, 0.2) is 0 Å². The topological polar surface area (TPSA) is 117 Å². The number of imide groups is 1. The van der Waals surface area contributed by atoms with Crippen molar-refractivity contribution in [2.75, 3.05) is 5.73 Å². The van der Waals surface area contributed by atoms with Crippen molar-refractivity contribution in [3.05, 3.63) is 113 Å². The monoisotopic (exact) mass is 477 g/mol. The molecule has 1 aliphatic rings. The van der Waals surface area contributed by atoms with Gasteiger partial charge in [-0.2, -0.15) is 0 Å². The molecule has 0 bridgehead atoms. The Morgan fingerprint density at radius 1 is 0.861 bits per heavy atom. The number of carbonyl (C=O) groups is 2. The lowest BCUT2D eigenvalue weighted by atomic mass is 9.90. The lowest BCUT2D eigenvalue weighted by molar-refractivity contribution is -0.133. The molecule has 1 aliphatic heterocycles. The number of para-hydroxylation sites is 1. The van der Waals surface area contributed by atoms with Crippen LogP contribution in [0.4, 0.5) is 10.5 Å². The molecule has 180 valence electrons. The minimum Gasteiger partial charge on any atom is -0.398 e. The molecule has 3 amide bonds. The van der Waals surface area contributed by atoms with Crippen LogP contribution in [0.5, 0.6) is 0 Å². The zero-order chi connectivity index (χ0) is 25.4. The number of hydrogen-bond acceptors (Lipinski definition) is 4. The molecule has 36 heavy (non-hydrogen) atoms. The van der Waals surface area contributed by atoms with Crippen molar-refractivity contribution in [2.45, 2.75) is 25.6 Å². The van der Waals surface area contributed by atoms with E-state index in [1.807, 2.05) is 78.9 Å². The van der Waals surface area contributed by atoms with Gasteiger partial charge in [-0.05, 0) is 52.6 Å². The van der Waals surface area contributed by atoms with Crippen molar-refractivity contribution < 1.29 is 9.59 Å². The Morgan fingerprint density at radius 2 is 1.56 bits per heavy atom. The molecular formula is C29H27N5O2. The van der Waals surface area contributed by atoms with E-state index in [-0.39, 0.29) is 30.9 Å². The number of amides is 3. The van der Waals surface area contributed by atoms with Gasteiger partial charge in [-0.15, -0.1) is 0 Å². The lowest BCUT2D eigenvalue weighted by Crippen LogP contribution is -2.44. The fourth-order valence-corrected chi connectivity index (χ4v) is 4.80. The standard InChI is InChI=1S/C29H27N5O2/c1-29(24-8-3-2-4-9-24)27(35)33(28(36)34(29)18-22-7-5-6-10-25(22)30)17-19-11-12-20-13-14-21(26(31)32)16-23(20)15-19/h2-16H,17-18,30H2,1H3,(H3,31,32). The van der Waals surface area contributed by atoms with E-state index in [2.05, 4.69) is 0 Å². The number of nitrogens with one attached hydrogen (secondary N) is 1. The van der Waals surface area contributed by atoms with Crippen LogP contribution in [0.25, 0.3) is 10.8 Å². The number of anilines is 1. The second kappa shape index (κ2) is 8.85. The second-order valence-corrected chi connectivity index (χ2v) is 9.21. The zero-order valence-electron chi connectivity index (χ0n) is 19.9. The number of amidine groups is 1. The van der Waals surface area contributed by atoms with Gasteiger partial charge in [0.25, 0.3) is 5.91 Å². The Labute approximate surface area is 209 Å². The second-order valence-electron chi connectivity index (χ2n) is 9.21. The Kier molecular flexibility index (Phi) is 5.68. The number of fused-ring (bicyclic) bond motifs is 1. The van der Waals surface area contributed by atoms with Crippen molar-refractivity contribution in [3.8, 4) is 0 Å². The van der Waals surface area contributed by atoms with Gasteiger partial charge in [-0.1, -0.05) is 72.8 Å². The molecule has 0 spiro atoms. The normalized spacial score (nSPS) is 17.7. The van der Waals surface area contributed by atoms with E-state index in [9.17, 15) is 9.59 Å². The fourth-order valence-electron chi connectivity index (χ4n) is 4.80. The number of hydrogen-bond donors (Lipinski definition) is 3.